The van der Waals surface area contributed by atoms with Crippen molar-refractivity contribution in [2.24, 2.45) is 11.7 Å². The average molecular weight is 340 g/mol. The molecule has 6 nitrogen and oxygen atoms in total. The van der Waals surface area contributed by atoms with Gasteiger partial charge in [-0.2, -0.15) is 4.52 Å². The predicted molar refractivity (Wildman–Crippen MR) is 94.8 cm³/mol. The first-order valence-corrected chi connectivity index (χ1v) is 8.61. The van der Waals surface area contributed by atoms with Crippen molar-refractivity contribution >= 4 is 11.5 Å². The Morgan fingerprint density at radius 1 is 1.16 bits per heavy atom. The van der Waals surface area contributed by atoms with E-state index in [1.807, 2.05) is 12.1 Å². The maximum Gasteiger partial charge on any atom is 0.185 e. The van der Waals surface area contributed by atoms with Gasteiger partial charge in [-0.25, -0.2) is 4.39 Å². The summed E-state index contributed by atoms with van der Waals surface area (Å²) in [6, 6.07) is 10.4. The number of rotatable bonds is 3. The minimum Gasteiger partial charge on any atom is -0.351 e. The van der Waals surface area contributed by atoms with Crippen LogP contribution < -0.4 is 10.6 Å². The molecular formula is C18H21FN6. The summed E-state index contributed by atoms with van der Waals surface area (Å²) >= 11 is 0. The molecule has 0 bridgehead atoms. The van der Waals surface area contributed by atoms with Gasteiger partial charge in [0.2, 0.25) is 0 Å². The summed E-state index contributed by atoms with van der Waals surface area (Å²) in [5.74, 6) is 1.88. The number of halogens is 1. The Balaban J connectivity index is 1.74. The van der Waals surface area contributed by atoms with Crippen LogP contribution in [0.1, 0.15) is 19.8 Å². The summed E-state index contributed by atoms with van der Waals surface area (Å²) < 4.78 is 14.9. The first-order valence-electron chi connectivity index (χ1n) is 8.61. The maximum atomic E-state index is 13.2. The van der Waals surface area contributed by atoms with E-state index in [0.29, 0.717) is 30.0 Å². The zero-order chi connectivity index (χ0) is 17.4. The molecule has 7 heteroatoms. The van der Waals surface area contributed by atoms with Crippen LogP contribution >= 0.6 is 0 Å². The molecule has 3 aromatic rings. The van der Waals surface area contributed by atoms with Crippen LogP contribution in [-0.4, -0.2) is 38.9 Å². The minimum absolute atomic E-state index is 0.278. The number of nitrogens with two attached hydrogens (primary N) is 1. The van der Waals surface area contributed by atoms with Crippen LogP contribution in [0.4, 0.5) is 10.2 Å². The molecule has 0 radical (unpaired) electrons. The lowest BCUT2D eigenvalue weighted by Gasteiger charge is -2.38. The summed E-state index contributed by atoms with van der Waals surface area (Å²) in [6.07, 6.45) is 2.20. The molecule has 0 spiro atoms. The zero-order valence-corrected chi connectivity index (χ0v) is 14.1. The Morgan fingerprint density at radius 2 is 1.96 bits per heavy atom. The van der Waals surface area contributed by atoms with Gasteiger partial charge >= 0.3 is 0 Å². The van der Waals surface area contributed by atoms with Gasteiger partial charge in [-0.3, -0.25) is 0 Å². The lowest BCUT2D eigenvalue weighted by atomic mass is 9.92. The van der Waals surface area contributed by atoms with Crippen molar-refractivity contribution in [3.63, 3.8) is 0 Å². The van der Waals surface area contributed by atoms with Gasteiger partial charge < -0.3 is 10.6 Å². The van der Waals surface area contributed by atoms with E-state index in [1.54, 1.807) is 16.6 Å². The van der Waals surface area contributed by atoms with E-state index in [2.05, 4.69) is 22.0 Å². The van der Waals surface area contributed by atoms with E-state index in [0.717, 1.165) is 30.8 Å². The molecule has 1 fully saturated rings. The summed E-state index contributed by atoms with van der Waals surface area (Å²) in [5.41, 5.74) is 7.43. The number of aromatic nitrogens is 4. The van der Waals surface area contributed by atoms with Gasteiger partial charge in [0.05, 0.1) is 0 Å². The lowest BCUT2D eigenvalue weighted by Crippen LogP contribution is -2.46. The third-order valence-electron chi connectivity index (χ3n) is 4.90. The monoisotopic (exact) mass is 340 g/mol. The zero-order valence-electron chi connectivity index (χ0n) is 14.1. The molecule has 0 aliphatic carbocycles. The Labute approximate surface area is 145 Å². The lowest BCUT2D eigenvalue weighted by molar-refractivity contribution is 0.364. The molecule has 0 amide bonds. The molecule has 1 aliphatic heterocycles. The van der Waals surface area contributed by atoms with Crippen LogP contribution in [0, 0.1) is 11.7 Å². The molecule has 2 atom stereocenters. The van der Waals surface area contributed by atoms with Gasteiger partial charge in [-0.05, 0) is 55.2 Å². The second-order valence-electron chi connectivity index (χ2n) is 6.70. The van der Waals surface area contributed by atoms with Crippen molar-refractivity contribution in [1.82, 2.24) is 19.8 Å². The van der Waals surface area contributed by atoms with Crippen molar-refractivity contribution in [2.45, 2.75) is 25.8 Å². The van der Waals surface area contributed by atoms with Crippen LogP contribution in [0.15, 0.2) is 36.4 Å². The number of benzene rings is 1. The van der Waals surface area contributed by atoms with Crippen LogP contribution in [-0.2, 0) is 0 Å². The van der Waals surface area contributed by atoms with E-state index in [1.165, 1.54) is 12.1 Å². The van der Waals surface area contributed by atoms with Crippen molar-refractivity contribution in [2.75, 3.05) is 18.0 Å². The van der Waals surface area contributed by atoms with Gasteiger partial charge in [-0.15, -0.1) is 15.3 Å². The number of anilines is 1. The van der Waals surface area contributed by atoms with Crippen molar-refractivity contribution < 1.29 is 4.39 Å². The molecule has 3 heterocycles. The summed E-state index contributed by atoms with van der Waals surface area (Å²) in [5, 5.41) is 13.1. The third-order valence-corrected chi connectivity index (χ3v) is 4.90. The molecule has 130 valence electrons. The smallest absolute Gasteiger partial charge is 0.185 e. The Bertz CT molecular complexity index is 875. The largest absolute Gasteiger partial charge is 0.351 e. The van der Waals surface area contributed by atoms with Gasteiger partial charge in [0.15, 0.2) is 11.5 Å². The van der Waals surface area contributed by atoms with Crippen LogP contribution in [0.5, 0.6) is 0 Å². The molecule has 2 N–H and O–H groups in total. The van der Waals surface area contributed by atoms with E-state index in [-0.39, 0.29) is 5.82 Å². The SMILES string of the molecule is C[C@@H]1CCN(c2ccc3nnc(-c4ccc(F)cc4)n3n2)[C@H](CN)C1. The summed E-state index contributed by atoms with van der Waals surface area (Å²) in [4.78, 5) is 2.27. The van der Waals surface area contributed by atoms with Crippen LogP contribution in [0.2, 0.25) is 0 Å². The van der Waals surface area contributed by atoms with Gasteiger partial charge in [0.1, 0.15) is 11.6 Å². The fourth-order valence-corrected chi connectivity index (χ4v) is 3.49. The Kier molecular flexibility index (Phi) is 4.09. The van der Waals surface area contributed by atoms with Gasteiger partial charge in [0, 0.05) is 24.7 Å². The topological polar surface area (TPSA) is 72.3 Å². The molecular weight excluding hydrogens is 319 g/mol. The van der Waals surface area contributed by atoms with Crippen LogP contribution in [0.25, 0.3) is 17.0 Å². The normalized spacial score (nSPS) is 21.0. The highest BCUT2D eigenvalue weighted by Crippen LogP contribution is 2.27. The third kappa shape index (κ3) is 2.95. The van der Waals surface area contributed by atoms with E-state index in [4.69, 9.17) is 10.8 Å². The fourth-order valence-electron chi connectivity index (χ4n) is 3.49. The quantitative estimate of drug-likeness (QED) is 0.793. The number of hydrogen-bond donors (Lipinski definition) is 1. The molecule has 25 heavy (non-hydrogen) atoms. The standard InChI is InChI=1S/C18H21FN6/c1-12-8-9-24(15(10-12)11-20)17-7-6-16-21-22-18(25(16)23-17)13-2-4-14(19)5-3-13/h2-7,12,15H,8-11,20H2,1H3/t12-,15+/m1/s1. The summed E-state index contributed by atoms with van der Waals surface area (Å²) in [6.45, 7) is 3.82. The molecule has 1 saturated heterocycles. The molecule has 2 aromatic heterocycles. The number of hydrogen-bond acceptors (Lipinski definition) is 5. The predicted octanol–water partition coefficient (Wildman–Crippen LogP) is 2.49. The minimum atomic E-state index is -0.278. The molecule has 1 aromatic carbocycles. The Hall–Kier alpha value is -2.54. The van der Waals surface area contributed by atoms with Gasteiger partial charge in [-0.1, -0.05) is 6.92 Å². The van der Waals surface area contributed by atoms with Crippen molar-refractivity contribution in [3.05, 3.63) is 42.2 Å². The van der Waals surface area contributed by atoms with E-state index >= 15 is 0 Å². The highest BCUT2D eigenvalue weighted by Gasteiger charge is 2.26. The van der Waals surface area contributed by atoms with Crippen molar-refractivity contribution in [3.8, 4) is 11.4 Å². The van der Waals surface area contributed by atoms with Crippen molar-refractivity contribution in [1.29, 1.82) is 0 Å². The van der Waals surface area contributed by atoms with E-state index in [9.17, 15) is 4.39 Å². The maximum absolute atomic E-state index is 13.2. The highest BCUT2D eigenvalue weighted by atomic mass is 19.1. The molecule has 0 unspecified atom stereocenters. The first kappa shape index (κ1) is 16.0. The molecule has 4 rings (SSSR count). The second-order valence-corrected chi connectivity index (χ2v) is 6.70. The summed E-state index contributed by atoms with van der Waals surface area (Å²) in [7, 11) is 0. The number of fused-ring (bicyclic) bond motifs is 1. The molecule has 0 saturated carbocycles. The Morgan fingerprint density at radius 3 is 2.72 bits per heavy atom. The van der Waals surface area contributed by atoms with Gasteiger partial charge in [0.25, 0.3) is 0 Å². The highest BCUT2D eigenvalue weighted by molar-refractivity contribution is 5.59. The second kappa shape index (κ2) is 6.40. The molecule has 1 aliphatic rings. The fraction of sp³-hybridized carbons (Fsp3) is 0.389. The average Bonchev–Trinajstić information content (AvgIpc) is 3.05. The number of nitrogens with zero attached hydrogens (tertiary/aromatic N) is 5. The first-order chi connectivity index (χ1) is 12.2. The number of piperidine rings is 1. The van der Waals surface area contributed by atoms with Crippen LogP contribution in [0.3, 0.4) is 0 Å². The van der Waals surface area contributed by atoms with E-state index < -0.39 is 0 Å².